The Kier molecular flexibility index (Phi) is 5.85. The molecular weight excluding hydrogens is 246 g/mol. The van der Waals surface area contributed by atoms with E-state index in [-0.39, 0.29) is 5.91 Å². The second-order valence-corrected chi connectivity index (χ2v) is 5.40. The van der Waals surface area contributed by atoms with E-state index >= 15 is 0 Å². The predicted octanol–water partition coefficient (Wildman–Crippen LogP) is 2.18. The summed E-state index contributed by atoms with van der Waals surface area (Å²) >= 11 is 1.87. The van der Waals surface area contributed by atoms with E-state index in [1.807, 2.05) is 11.8 Å². The summed E-state index contributed by atoms with van der Waals surface area (Å²) in [5, 5.41) is 5.94. The van der Waals surface area contributed by atoms with Crippen LogP contribution in [0.3, 0.4) is 0 Å². The lowest BCUT2D eigenvalue weighted by Gasteiger charge is -2.17. The fraction of sp³-hybridized carbons (Fsp3) is 0.462. The van der Waals surface area contributed by atoms with Gasteiger partial charge in [-0.25, -0.2) is 0 Å². The van der Waals surface area contributed by atoms with Crippen molar-refractivity contribution in [2.45, 2.75) is 19.9 Å². The summed E-state index contributed by atoms with van der Waals surface area (Å²) in [7, 11) is 1.62. The first kappa shape index (κ1) is 14.7. The molecular formula is C13H21N3OS. The molecule has 0 aliphatic carbocycles. The molecule has 1 rings (SSSR count). The maximum absolute atomic E-state index is 11.6. The Morgan fingerprint density at radius 2 is 2.22 bits per heavy atom. The van der Waals surface area contributed by atoms with Crippen LogP contribution < -0.4 is 16.4 Å². The van der Waals surface area contributed by atoms with Gasteiger partial charge in [-0.1, -0.05) is 6.92 Å². The first-order valence-corrected chi connectivity index (χ1v) is 7.19. The molecule has 0 radical (unpaired) electrons. The molecule has 100 valence electrons. The SMILES string of the molecule is CCSCC(C)Nc1cc(C(=O)NC)ccc1N. The average Bonchev–Trinajstić information content (AvgIpc) is 2.38. The van der Waals surface area contributed by atoms with E-state index in [0.29, 0.717) is 17.3 Å². The van der Waals surface area contributed by atoms with Crippen LogP contribution in [0, 0.1) is 0 Å². The van der Waals surface area contributed by atoms with Crippen LogP contribution in [0.15, 0.2) is 18.2 Å². The maximum Gasteiger partial charge on any atom is 0.251 e. The summed E-state index contributed by atoms with van der Waals surface area (Å²) < 4.78 is 0. The van der Waals surface area contributed by atoms with Crippen molar-refractivity contribution in [2.75, 3.05) is 29.6 Å². The molecule has 1 unspecified atom stereocenters. The second kappa shape index (κ2) is 7.16. The van der Waals surface area contributed by atoms with Gasteiger partial charge in [-0.3, -0.25) is 4.79 Å². The number of hydrogen-bond donors (Lipinski definition) is 3. The quantitative estimate of drug-likeness (QED) is 0.691. The van der Waals surface area contributed by atoms with Crippen molar-refractivity contribution in [3.63, 3.8) is 0 Å². The molecule has 0 saturated heterocycles. The number of thioether (sulfide) groups is 1. The molecule has 18 heavy (non-hydrogen) atoms. The van der Waals surface area contributed by atoms with E-state index < -0.39 is 0 Å². The summed E-state index contributed by atoms with van der Waals surface area (Å²) in [6, 6.07) is 5.59. The highest BCUT2D eigenvalue weighted by atomic mass is 32.2. The highest BCUT2D eigenvalue weighted by Crippen LogP contribution is 2.21. The fourth-order valence-corrected chi connectivity index (χ4v) is 2.24. The van der Waals surface area contributed by atoms with Gasteiger partial charge in [0.25, 0.3) is 5.91 Å². The maximum atomic E-state index is 11.6. The minimum absolute atomic E-state index is 0.103. The first-order valence-electron chi connectivity index (χ1n) is 6.04. The van der Waals surface area contributed by atoms with E-state index in [1.54, 1.807) is 25.2 Å². The Bertz CT molecular complexity index is 409. The van der Waals surface area contributed by atoms with Crippen LogP contribution in [0.4, 0.5) is 11.4 Å². The van der Waals surface area contributed by atoms with Gasteiger partial charge >= 0.3 is 0 Å². The monoisotopic (exact) mass is 267 g/mol. The van der Waals surface area contributed by atoms with Crippen molar-refractivity contribution >= 4 is 29.0 Å². The Hall–Kier alpha value is -1.36. The fourth-order valence-electron chi connectivity index (χ4n) is 1.57. The molecule has 1 aromatic carbocycles. The first-order chi connectivity index (χ1) is 8.58. The third-order valence-corrected chi connectivity index (χ3v) is 3.66. The van der Waals surface area contributed by atoms with Gasteiger partial charge in [0.05, 0.1) is 11.4 Å². The largest absolute Gasteiger partial charge is 0.397 e. The highest BCUT2D eigenvalue weighted by Gasteiger charge is 2.09. The van der Waals surface area contributed by atoms with Crippen LogP contribution in [-0.4, -0.2) is 30.5 Å². The van der Waals surface area contributed by atoms with Gasteiger partial charge in [0.15, 0.2) is 0 Å². The summed E-state index contributed by atoms with van der Waals surface area (Å²) in [5.41, 5.74) is 8.00. The van der Waals surface area contributed by atoms with Crippen molar-refractivity contribution in [1.29, 1.82) is 0 Å². The topological polar surface area (TPSA) is 67.2 Å². The Labute approximate surface area is 113 Å². The zero-order valence-corrected chi connectivity index (χ0v) is 11.9. The van der Waals surface area contributed by atoms with Gasteiger partial charge in [-0.2, -0.15) is 11.8 Å². The zero-order chi connectivity index (χ0) is 13.5. The van der Waals surface area contributed by atoms with Gasteiger partial charge in [0.2, 0.25) is 0 Å². The van der Waals surface area contributed by atoms with Crippen molar-refractivity contribution in [3.05, 3.63) is 23.8 Å². The number of nitrogens with one attached hydrogen (secondary N) is 2. The Morgan fingerprint density at radius 1 is 1.50 bits per heavy atom. The molecule has 0 aromatic heterocycles. The van der Waals surface area contributed by atoms with Crippen LogP contribution in [0.5, 0.6) is 0 Å². The lowest BCUT2D eigenvalue weighted by molar-refractivity contribution is 0.0963. The van der Waals surface area contributed by atoms with Gasteiger partial charge in [0, 0.05) is 24.4 Å². The Balaban J connectivity index is 2.77. The number of benzene rings is 1. The molecule has 1 amide bonds. The van der Waals surface area contributed by atoms with Crippen molar-refractivity contribution in [1.82, 2.24) is 5.32 Å². The number of nitrogen functional groups attached to an aromatic ring is 1. The molecule has 5 heteroatoms. The molecule has 0 bridgehead atoms. The molecule has 4 nitrogen and oxygen atoms in total. The minimum Gasteiger partial charge on any atom is -0.397 e. The summed E-state index contributed by atoms with van der Waals surface area (Å²) in [6.45, 7) is 4.24. The van der Waals surface area contributed by atoms with Gasteiger partial charge in [-0.15, -0.1) is 0 Å². The van der Waals surface area contributed by atoms with E-state index in [9.17, 15) is 4.79 Å². The number of hydrogen-bond acceptors (Lipinski definition) is 4. The lowest BCUT2D eigenvalue weighted by atomic mass is 10.1. The molecule has 0 aliphatic rings. The van der Waals surface area contributed by atoms with Crippen molar-refractivity contribution in [3.8, 4) is 0 Å². The van der Waals surface area contributed by atoms with E-state index in [0.717, 1.165) is 17.2 Å². The molecule has 0 heterocycles. The number of anilines is 2. The Morgan fingerprint density at radius 3 is 2.83 bits per heavy atom. The van der Waals surface area contributed by atoms with Crippen molar-refractivity contribution < 1.29 is 4.79 Å². The standard InChI is InChI=1S/C13H21N3OS/c1-4-18-8-9(2)16-12-7-10(13(17)15-3)5-6-11(12)14/h5-7,9,16H,4,8,14H2,1-3H3,(H,15,17). The molecule has 0 spiro atoms. The van der Waals surface area contributed by atoms with E-state index in [4.69, 9.17) is 5.73 Å². The third kappa shape index (κ3) is 4.14. The van der Waals surface area contributed by atoms with Crippen LogP contribution in [0.1, 0.15) is 24.2 Å². The van der Waals surface area contributed by atoms with Gasteiger partial charge in [-0.05, 0) is 30.9 Å². The minimum atomic E-state index is -0.103. The van der Waals surface area contributed by atoms with Crippen LogP contribution in [-0.2, 0) is 0 Å². The molecule has 0 fully saturated rings. The predicted molar refractivity (Wildman–Crippen MR) is 80.3 cm³/mol. The third-order valence-electron chi connectivity index (χ3n) is 2.52. The molecule has 0 aliphatic heterocycles. The summed E-state index contributed by atoms with van der Waals surface area (Å²) in [5.74, 6) is 2.01. The number of nitrogens with two attached hydrogens (primary N) is 1. The van der Waals surface area contributed by atoms with Crippen LogP contribution >= 0.6 is 11.8 Å². The van der Waals surface area contributed by atoms with Crippen LogP contribution in [0.25, 0.3) is 0 Å². The number of carbonyl (C=O) groups is 1. The van der Waals surface area contributed by atoms with Crippen molar-refractivity contribution in [2.24, 2.45) is 0 Å². The number of amides is 1. The summed E-state index contributed by atoms with van der Waals surface area (Å²) in [4.78, 5) is 11.6. The van der Waals surface area contributed by atoms with Crippen LogP contribution in [0.2, 0.25) is 0 Å². The molecule has 4 N–H and O–H groups in total. The summed E-state index contributed by atoms with van der Waals surface area (Å²) in [6.07, 6.45) is 0. The number of rotatable bonds is 6. The zero-order valence-electron chi connectivity index (χ0n) is 11.1. The molecule has 1 atom stereocenters. The molecule has 0 saturated carbocycles. The van der Waals surface area contributed by atoms with E-state index in [2.05, 4.69) is 24.5 Å². The van der Waals surface area contributed by atoms with Gasteiger partial charge < -0.3 is 16.4 Å². The number of carbonyl (C=O) groups excluding carboxylic acids is 1. The smallest absolute Gasteiger partial charge is 0.251 e. The normalized spacial score (nSPS) is 11.9. The lowest BCUT2D eigenvalue weighted by Crippen LogP contribution is -2.21. The molecule has 1 aromatic rings. The van der Waals surface area contributed by atoms with Gasteiger partial charge in [0.1, 0.15) is 0 Å². The highest BCUT2D eigenvalue weighted by molar-refractivity contribution is 7.99. The van der Waals surface area contributed by atoms with E-state index in [1.165, 1.54) is 0 Å². The average molecular weight is 267 g/mol. The second-order valence-electron chi connectivity index (χ2n) is 4.09.